The van der Waals surface area contributed by atoms with Gasteiger partial charge in [0.25, 0.3) is 5.91 Å². The number of ether oxygens (including phenoxy) is 1. The summed E-state index contributed by atoms with van der Waals surface area (Å²) in [5.41, 5.74) is 11.6. The second-order valence-corrected chi connectivity index (χ2v) is 4.86. The lowest BCUT2D eigenvalue weighted by atomic mass is 10.1. The van der Waals surface area contributed by atoms with Crippen LogP contribution in [0.25, 0.3) is 0 Å². The zero-order valence-corrected chi connectivity index (χ0v) is 11.1. The number of nitrogens with zero attached hydrogens (tertiary/aromatic N) is 1. The highest BCUT2D eigenvalue weighted by Gasteiger charge is 2.10. The molecule has 104 valence electrons. The molecular weight excluding hydrogens is 242 g/mol. The number of carbonyl (C=O) groups is 1. The molecular formula is C14H21N3O2. The monoisotopic (exact) mass is 263 g/mol. The number of amides is 1. The molecule has 2 rings (SSSR count). The fourth-order valence-corrected chi connectivity index (χ4v) is 2.31. The van der Waals surface area contributed by atoms with Crippen molar-refractivity contribution < 1.29 is 9.53 Å². The molecule has 1 fully saturated rings. The van der Waals surface area contributed by atoms with Crippen LogP contribution < -0.4 is 16.2 Å². The third-order valence-corrected chi connectivity index (χ3v) is 3.42. The molecule has 0 atom stereocenters. The van der Waals surface area contributed by atoms with Gasteiger partial charge in [-0.05, 0) is 44.1 Å². The van der Waals surface area contributed by atoms with Crippen molar-refractivity contribution in [1.29, 1.82) is 0 Å². The van der Waals surface area contributed by atoms with Crippen molar-refractivity contribution in [2.24, 2.45) is 5.73 Å². The molecule has 1 aromatic carbocycles. The summed E-state index contributed by atoms with van der Waals surface area (Å²) < 4.78 is 5.65. The molecule has 1 heterocycles. The summed E-state index contributed by atoms with van der Waals surface area (Å²) in [4.78, 5) is 13.6. The van der Waals surface area contributed by atoms with E-state index in [0.29, 0.717) is 23.6 Å². The number of primary amides is 1. The highest BCUT2D eigenvalue weighted by atomic mass is 16.5. The summed E-state index contributed by atoms with van der Waals surface area (Å²) in [5.74, 6) is 0.110. The van der Waals surface area contributed by atoms with Crippen LogP contribution in [0.2, 0.25) is 0 Å². The first kappa shape index (κ1) is 13.7. The predicted molar refractivity (Wildman–Crippen MR) is 75.2 cm³/mol. The maximum Gasteiger partial charge on any atom is 0.250 e. The number of carbonyl (C=O) groups excluding carboxylic acids is 1. The number of anilines is 1. The summed E-state index contributed by atoms with van der Waals surface area (Å²) in [6.07, 6.45) is 3.87. The van der Waals surface area contributed by atoms with E-state index in [0.717, 1.165) is 19.6 Å². The van der Waals surface area contributed by atoms with E-state index in [-0.39, 0.29) is 0 Å². The number of hydrogen-bond donors (Lipinski definition) is 2. The molecule has 1 saturated heterocycles. The molecule has 4 N–H and O–H groups in total. The molecule has 1 aliphatic heterocycles. The first-order chi connectivity index (χ1) is 9.16. The molecule has 5 heteroatoms. The smallest absolute Gasteiger partial charge is 0.250 e. The quantitative estimate of drug-likeness (QED) is 0.783. The summed E-state index contributed by atoms with van der Waals surface area (Å²) in [7, 11) is 0. The van der Waals surface area contributed by atoms with Crippen molar-refractivity contribution in [1.82, 2.24) is 4.90 Å². The minimum absolute atomic E-state index is 0.315. The largest absolute Gasteiger partial charge is 0.492 e. The average molecular weight is 263 g/mol. The molecule has 0 aromatic heterocycles. The van der Waals surface area contributed by atoms with Gasteiger partial charge in [-0.2, -0.15) is 0 Å². The average Bonchev–Trinajstić information content (AvgIpc) is 2.41. The van der Waals surface area contributed by atoms with Gasteiger partial charge in [-0.1, -0.05) is 6.42 Å². The van der Waals surface area contributed by atoms with Crippen LogP contribution in [0.3, 0.4) is 0 Å². The number of likely N-dealkylation sites (tertiary alicyclic amines) is 1. The van der Waals surface area contributed by atoms with Gasteiger partial charge in [-0.3, -0.25) is 9.69 Å². The Kier molecular flexibility index (Phi) is 4.63. The Balaban J connectivity index is 1.85. The number of rotatable bonds is 5. The molecule has 1 aromatic rings. The van der Waals surface area contributed by atoms with Gasteiger partial charge in [-0.25, -0.2) is 0 Å². The summed E-state index contributed by atoms with van der Waals surface area (Å²) in [6.45, 7) is 3.83. The number of piperidine rings is 1. The molecule has 1 amide bonds. The Bertz CT molecular complexity index is 442. The van der Waals surface area contributed by atoms with Gasteiger partial charge in [0.05, 0.1) is 5.56 Å². The van der Waals surface area contributed by atoms with Crippen molar-refractivity contribution in [2.75, 3.05) is 32.0 Å². The van der Waals surface area contributed by atoms with E-state index in [1.807, 2.05) is 0 Å². The van der Waals surface area contributed by atoms with Gasteiger partial charge >= 0.3 is 0 Å². The number of nitrogens with two attached hydrogens (primary N) is 2. The Morgan fingerprint density at radius 2 is 2.00 bits per heavy atom. The lowest BCUT2D eigenvalue weighted by molar-refractivity contribution is 0.100. The Morgan fingerprint density at radius 3 is 2.68 bits per heavy atom. The van der Waals surface area contributed by atoms with Crippen LogP contribution in [0.5, 0.6) is 5.75 Å². The van der Waals surface area contributed by atoms with E-state index in [1.54, 1.807) is 18.2 Å². The molecule has 19 heavy (non-hydrogen) atoms. The summed E-state index contributed by atoms with van der Waals surface area (Å²) in [5, 5.41) is 0. The molecule has 1 aliphatic rings. The fraction of sp³-hybridized carbons (Fsp3) is 0.500. The van der Waals surface area contributed by atoms with Gasteiger partial charge in [0.15, 0.2) is 0 Å². The van der Waals surface area contributed by atoms with Gasteiger partial charge in [0, 0.05) is 12.2 Å². The van der Waals surface area contributed by atoms with E-state index < -0.39 is 5.91 Å². The standard InChI is InChI=1S/C14H21N3O2/c15-13-5-4-11(10-12(13)14(16)18)19-9-8-17-6-2-1-3-7-17/h4-5,10H,1-3,6-9,15H2,(H2,16,18). The summed E-state index contributed by atoms with van der Waals surface area (Å²) >= 11 is 0. The van der Waals surface area contributed by atoms with Crippen LogP contribution in [0.15, 0.2) is 18.2 Å². The zero-order chi connectivity index (χ0) is 13.7. The van der Waals surface area contributed by atoms with Crippen LogP contribution >= 0.6 is 0 Å². The van der Waals surface area contributed by atoms with E-state index in [4.69, 9.17) is 16.2 Å². The van der Waals surface area contributed by atoms with Crippen molar-refractivity contribution in [3.63, 3.8) is 0 Å². The third-order valence-electron chi connectivity index (χ3n) is 3.42. The normalized spacial score (nSPS) is 16.2. The van der Waals surface area contributed by atoms with Crippen LogP contribution in [-0.2, 0) is 0 Å². The van der Waals surface area contributed by atoms with Crippen LogP contribution in [-0.4, -0.2) is 37.0 Å². The van der Waals surface area contributed by atoms with E-state index >= 15 is 0 Å². The van der Waals surface area contributed by atoms with Crippen molar-refractivity contribution >= 4 is 11.6 Å². The van der Waals surface area contributed by atoms with Crippen molar-refractivity contribution in [2.45, 2.75) is 19.3 Å². The highest BCUT2D eigenvalue weighted by molar-refractivity contribution is 5.98. The Labute approximate surface area is 113 Å². The molecule has 0 unspecified atom stereocenters. The highest BCUT2D eigenvalue weighted by Crippen LogP contribution is 2.19. The molecule has 0 radical (unpaired) electrons. The minimum Gasteiger partial charge on any atom is -0.492 e. The fourth-order valence-electron chi connectivity index (χ4n) is 2.31. The molecule has 0 saturated carbocycles. The third kappa shape index (κ3) is 3.86. The second kappa shape index (κ2) is 6.43. The Hall–Kier alpha value is -1.75. The number of hydrogen-bond acceptors (Lipinski definition) is 4. The van der Waals surface area contributed by atoms with E-state index in [1.165, 1.54) is 19.3 Å². The SMILES string of the molecule is NC(=O)c1cc(OCCN2CCCCC2)ccc1N. The van der Waals surface area contributed by atoms with Crippen molar-refractivity contribution in [3.8, 4) is 5.75 Å². The van der Waals surface area contributed by atoms with Crippen molar-refractivity contribution in [3.05, 3.63) is 23.8 Å². The summed E-state index contributed by atoms with van der Waals surface area (Å²) in [6, 6.07) is 5.02. The topological polar surface area (TPSA) is 81.6 Å². The lowest BCUT2D eigenvalue weighted by Crippen LogP contribution is -2.33. The predicted octanol–water partition coefficient (Wildman–Crippen LogP) is 1.23. The van der Waals surface area contributed by atoms with Crippen LogP contribution in [0.1, 0.15) is 29.6 Å². The van der Waals surface area contributed by atoms with Gasteiger partial charge in [-0.15, -0.1) is 0 Å². The Morgan fingerprint density at radius 1 is 1.26 bits per heavy atom. The maximum atomic E-state index is 11.2. The molecule has 5 nitrogen and oxygen atoms in total. The number of nitrogen functional groups attached to an aromatic ring is 1. The first-order valence-electron chi connectivity index (χ1n) is 6.71. The van der Waals surface area contributed by atoms with E-state index in [9.17, 15) is 4.79 Å². The van der Waals surface area contributed by atoms with Gasteiger partial charge < -0.3 is 16.2 Å². The molecule has 0 aliphatic carbocycles. The van der Waals surface area contributed by atoms with Crippen LogP contribution in [0, 0.1) is 0 Å². The number of benzene rings is 1. The van der Waals surface area contributed by atoms with Gasteiger partial charge in [0.2, 0.25) is 0 Å². The molecule has 0 bridgehead atoms. The zero-order valence-electron chi connectivity index (χ0n) is 11.1. The first-order valence-corrected chi connectivity index (χ1v) is 6.71. The lowest BCUT2D eigenvalue weighted by Gasteiger charge is -2.26. The minimum atomic E-state index is -0.529. The second-order valence-electron chi connectivity index (χ2n) is 4.86. The van der Waals surface area contributed by atoms with Crippen LogP contribution in [0.4, 0.5) is 5.69 Å². The molecule has 0 spiro atoms. The van der Waals surface area contributed by atoms with E-state index in [2.05, 4.69) is 4.90 Å². The van der Waals surface area contributed by atoms with Gasteiger partial charge in [0.1, 0.15) is 12.4 Å². The maximum absolute atomic E-state index is 11.2.